The molecule has 10 heteroatoms. The number of pyridine rings is 1. The molecule has 30 heavy (non-hydrogen) atoms. The van der Waals surface area contributed by atoms with Gasteiger partial charge in [-0.15, -0.1) is 0 Å². The maximum Gasteiger partial charge on any atom is 0.244 e. The third kappa shape index (κ3) is 4.04. The van der Waals surface area contributed by atoms with Gasteiger partial charge >= 0.3 is 0 Å². The summed E-state index contributed by atoms with van der Waals surface area (Å²) >= 11 is 0. The lowest BCUT2D eigenvalue weighted by Crippen LogP contribution is -2.35. The smallest absolute Gasteiger partial charge is 0.244 e. The molecule has 1 N–H and O–H groups in total. The number of nitrogens with one attached hydrogen (secondary N) is 1. The van der Waals surface area contributed by atoms with Crippen LogP contribution in [0.5, 0.6) is 0 Å². The van der Waals surface area contributed by atoms with Gasteiger partial charge in [0.2, 0.25) is 21.7 Å². The van der Waals surface area contributed by atoms with Crippen molar-refractivity contribution in [3.8, 4) is 11.3 Å². The van der Waals surface area contributed by atoms with E-state index in [1.807, 2.05) is 35.0 Å². The van der Waals surface area contributed by atoms with Crippen LogP contribution in [0, 0.1) is 0 Å². The van der Waals surface area contributed by atoms with E-state index in [1.54, 1.807) is 18.3 Å². The summed E-state index contributed by atoms with van der Waals surface area (Å²) in [6.45, 7) is -0.322. The van der Waals surface area contributed by atoms with Crippen molar-refractivity contribution >= 4 is 27.4 Å². The normalized spacial score (nSPS) is 11.7. The summed E-state index contributed by atoms with van der Waals surface area (Å²) in [7, 11) is -2.44. The Bertz CT molecular complexity index is 1250. The molecule has 152 valence electrons. The minimum absolute atomic E-state index is 0.0339. The van der Waals surface area contributed by atoms with Gasteiger partial charge in [-0.1, -0.05) is 12.1 Å². The number of likely N-dealkylation sites (N-methyl/N-ethyl adjacent to an activating group) is 1. The zero-order valence-corrected chi connectivity index (χ0v) is 16.8. The second-order valence-electron chi connectivity index (χ2n) is 6.53. The van der Waals surface area contributed by atoms with Crippen LogP contribution in [0.25, 0.3) is 17.0 Å². The number of rotatable bonds is 6. The maximum absolute atomic E-state index is 12.5. The number of nitrogens with zero attached hydrogens (tertiary/aromatic N) is 5. The lowest BCUT2D eigenvalue weighted by atomic mass is 10.1. The Morgan fingerprint density at radius 1 is 1.13 bits per heavy atom. The summed E-state index contributed by atoms with van der Waals surface area (Å²) in [5, 5.41) is 2.70. The topological polar surface area (TPSA) is 110 Å². The number of anilines is 1. The van der Waals surface area contributed by atoms with E-state index in [9.17, 15) is 13.2 Å². The predicted molar refractivity (Wildman–Crippen MR) is 111 cm³/mol. The first-order valence-corrected chi connectivity index (χ1v) is 10.4. The van der Waals surface area contributed by atoms with Crippen LogP contribution >= 0.6 is 0 Å². The van der Waals surface area contributed by atoms with Gasteiger partial charge in [0.15, 0.2) is 0 Å². The van der Waals surface area contributed by atoms with Gasteiger partial charge in [-0.25, -0.2) is 18.4 Å². The van der Waals surface area contributed by atoms with Crippen molar-refractivity contribution in [2.75, 3.05) is 18.9 Å². The van der Waals surface area contributed by atoms with E-state index in [1.165, 1.54) is 31.6 Å². The van der Waals surface area contributed by atoms with Crippen LogP contribution in [0.4, 0.5) is 5.69 Å². The molecule has 0 saturated carbocycles. The summed E-state index contributed by atoms with van der Waals surface area (Å²) in [5.74, 6) is 0.150. The molecule has 4 aromatic rings. The molecule has 3 heterocycles. The van der Waals surface area contributed by atoms with Crippen molar-refractivity contribution in [3.63, 3.8) is 0 Å². The third-order valence-electron chi connectivity index (χ3n) is 4.41. The fourth-order valence-corrected chi connectivity index (χ4v) is 3.95. The Labute approximate surface area is 173 Å². The number of imidazole rings is 1. The molecule has 0 fully saturated rings. The largest absolute Gasteiger partial charge is 0.325 e. The van der Waals surface area contributed by atoms with Gasteiger partial charge in [-0.3, -0.25) is 14.2 Å². The first kappa shape index (κ1) is 19.7. The highest BCUT2D eigenvalue weighted by molar-refractivity contribution is 7.89. The number of hydrogen-bond donors (Lipinski definition) is 1. The van der Waals surface area contributed by atoms with Crippen molar-refractivity contribution < 1.29 is 13.2 Å². The second kappa shape index (κ2) is 8.01. The molecule has 0 aliphatic carbocycles. The Hall–Kier alpha value is -3.63. The highest BCUT2D eigenvalue weighted by Crippen LogP contribution is 2.21. The molecule has 0 aliphatic rings. The van der Waals surface area contributed by atoms with E-state index in [4.69, 9.17) is 0 Å². The lowest BCUT2D eigenvalue weighted by Gasteiger charge is -2.16. The molecular weight excluding hydrogens is 404 g/mol. The quantitative estimate of drug-likeness (QED) is 0.509. The number of carbonyl (C=O) groups excluding carboxylic acids is 1. The molecule has 0 aliphatic heterocycles. The van der Waals surface area contributed by atoms with E-state index in [0.717, 1.165) is 15.6 Å². The summed E-state index contributed by atoms with van der Waals surface area (Å²) < 4.78 is 27.8. The van der Waals surface area contributed by atoms with Crippen molar-refractivity contribution in [1.29, 1.82) is 0 Å². The van der Waals surface area contributed by atoms with E-state index < -0.39 is 15.9 Å². The Morgan fingerprint density at radius 3 is 2.63 bits per heavy atom. The van der Waals surface area contributed by atoms with Gasteiger partial charge < -0.3 is 5.32 Å². The molecule has 1 amide bonds. The first-order valence-electron chi connectivity index (χ1n) is 9.00. The van der Waals surface area contributed by atoms with Crippen LogP contribution in [-0.4, -0.2) is 51.6 Å². The number of fused-ring (bicyclic) bond motifs is 1. The monoisotopic (exact) mass is 422 g/mol. The Morgan fingerprint density at radius 2 is 1.93 bits per heavy atom. The molecule has 0 saturated heterocycles. The zero-order valence-electron chi connectivity index (χ0n) is 16.0. The van der Waals surface area contributed by atoms with Gasteiger partial charge in [0, 0.05) is 49.3 Å². The molecular formula is C20H18N6O3S. The van der Waals surface area contributed by atoms with Crippen molar-refractivity contribution in [1.82, 2.24) is 23.7 Å². The van der Waals surface area contributed by atoms with E-state index in [0.29, 0.717) is 11.5 Å². The number of hydrogen-bond acceptors (Lipinski definition) is 6. The molecule has 0 bridgehead atoms. The number of sulfonamides is 1. The van der Waals surface area contributed by atoms with Gasteiger partial charge in [-0.05, 0) is 30.3 Å². The summed E-state index contributed by atoms with van der Waals surface area (Å²) in [4.78, 5) is 24.8. The molecule has 0 spiro atoms. The van der Waals surface area contributed by atoms with Gasteiger partial charge in [0.1, 0.15) is 4.90 Å². The van der Waals surface area contributed by atoms with Crippen LogP contribution in [0.3, 0.4) is 0 Å². The number of carbonyl (C=O) groups is 1. The Balaban J connectivity index is 1.42. The molecule has 0 radical (unpaired) electrons. The molecule has 1 aromatic carbocycles. The summed E-state index contributed by atoms with van der Waals surface area (Å²) in [5.41, 5.74) is 2.18. The minimum Gasteiger partial charge on any atom is -0.325 e. The Kier molecular flexibility index (Phi) is 5.25. The van der Waals surface area contributed by atoms with Gasteiger partial charge in [-0.2, -0.15) is 4.31 Å². The van der Waals surface area contributed by atoms with E-state index in [2.05, 4.69) is 20.3 Å². The minimum atomic E-state index is -3.79. The number of aromatic nitrogens is 4. The highest BCUT2D eigenvalue weighted by atomic mass is 32.2. The van der Waals surface area contributed by atoms with Crippen molar-refractivity contribution in [2.24, 2.45) is 0 Å². The molecule has 0 atom stereocenters. The maximum atomic E-state index is 12.5. The molecule has 0 unspecified atom stereocenters. The second-order valence-corrected chi connectivity index (χ2v) is 8.57. The molecule has 3 aromatic heterocycles. The summed E-state index contributed by atoms with van der Waals surface area (Å²) in [6.07, 6.45) is 8.14. The van der Waals surface area contributed by atoms with Gasteiger partial charge in [0.25, 0.3) is 0 Å². The van der Waals surface area contributed by atoms with Crippen LogP contribution < -0.4 is 5.32 Å². The van der Waals surface area contributed by atoms with Crippen LogP contribution in [0.1, 0.15) is 0 Å². The first-order chi connectivity index (χ1) is 14.4. The van der Waals surface area contributed by atoms with Crippen LogP contribution in [0.15, 0.2) is 78.3 Å². The van der Waals surface area contributed by atoms with Crippen LogP contribution in [0.2, 0.25) is 0 Å². The van der Waals surface area contributed by atoms with Crippen molar-refractivity contribution in [2.45, 2.75) is 4.90 Å². The third-order valence-corrected chi connectivity index (χ3v) is 6.20. The highest BCUT2D eigenvalue weighted by Gasteiger charge is 2.23. The van der Waals surface area contributed by atoms with Crippen LogP contribution in [-0.2, 0) is 14.8 Å². The molecule has 4 rings (SSSR count). The number of amides is 1. The lowest BCUT2D eigenvalue weighted by molar-refractivity contribution is -0.116. The predicted octanol–water partition coefficient (Wildman–Crippen LogP) is 2.05. The average Bonchev–Trinajstić information content (AvgIpc) is 3.19. The fourth-order valence-electron chi connectivity index (χ4n) is 2.86. The standard InChI is InChI=1S/C20H18N6O3S/c1-25(30(28,29)17-4-2-9-21-12-17)14-19(27)23-16-7-5-15(6-8-16)18-13-26-11-3-10-22-20(26)24-18/h2-13H,14H2,1H3,(H,23,27). The fraction of sp³-hybridized carbons (Fsp3) is 0.100. The molecule has 9 nitrogen and oxygen atoms in total. The SMILES string of the molecule is CN(CC(=O)Nc1ccc(-c2cn3cccnc3n2)cc1)S(=O)(=O)c1cccnc1. The van der Waals surface area contributed by atoms with E-state index >= 15 is 0 Å². The number of benzene rings is 1. The van der Waals surface area contributed by atoms with E-state index in [-0.39, 0.29) is 11.4 Å². The average molecular weight is 422 g/mol. The zero-order chi connectivity index (χ0) is 21.1. The summed E-state index contributed by atoms with van der Waals surface area (Å²) in [6, 6.07) is 11.9. The van der Waals surface area contributed by atoms with Gasteiger partial charge in [0.05, 0.1) is 12.2 Å². The van der Waals surface area contributed by atoms with Crippen molar-refractivity contribution in [3.05, 3.63) is 73.4 Å².